The van der Waals surface area contributed by atoms with Gasteiger partial charge in [0.1, 0.15) is 11.6 Å². The van der Waals surface area contributed by atoms with E-state index in [4.69, 9.17) is 16.3 Å². The quantitative estimate of drug-likeness (QED) is 0.683. The summed E-state index contributed by atoms with van der Waals surface area (Å²) in [6.07, 6.45) is 0. The van der Waals surface area contributed by atoms with E-state index in [-0.39, 0.29) is 18.3 Å². The highest BCUT2D eigenvalue weighted by Gasteiger charge is 2.06. The number of hydrogen-bond donors (Lipinski definition) is 2. The van der Waals surface area contributed by atoms with Crippen molar-refractivity contribution < 1.29 is 13.9 Å². The number of amides is 1. The zero-order valence-electron chi connectivity index (χ0n) is 13.4. The average Bonchev–Trinajstić information content (AvgIpc) is 2.65. The van der Waals surface area contributed by atoms with Crippen molar-refractivity contribution in [2.24, 2.45) is 0 Å². The molecule has 0 radical (unpaired) electrons. The Morgan fingerprint density at radius 3 is 2.27 bits per heavy atom. The van der Waals surface area contributed by atoms with Crippen LogP contribution in [0.1, 0.15) is 0 Å². The second-order valence-corrected chi connectivity index (χ2v) is 5.66. The largest absolute Gasteiger partial charge is 0.484 e. The van der Waals surface area contributed by atoms with Crippen molar-refractivity contribution >= 4 is 34.8 Å². The predicted octanol–water partition coefficient (Wildman–Crippen LogP) is 4.03. The highest BCUT2D eigenvalue weighted by molar-refractivity contribution is 6.30. The molecule has 2 N–H and O–H groups in total. The van der Waals surface area contributed by atoms with Gasteiger partial charge in [-0.1, -0.05) is 11.6 Å². The van der Waals surface area contributed by atoms with Crippen LogP contribution in [-0.4, -0.2) is 22.7 Å². The molecule has 132 valence electrons. The smallest absolute Gasteiger partial charge is 0.263 e. The molecule has 0 spiro atoms. The average molecular weight is 373 g/mol. The molecule has 0 saturated heterocycles. The van der Waals surface area contributed by atoms with Crippen LogP contribution < -0.4 is 15.4 Å². The molecular formula is C18H14ClFN4O2. The van der Waals surface area contributed by atoms with Crippen molar-refractivity contribution in [3.63, 3.8) is 0 Å². The molecule has 3 rings (SSSR count). The molecule has 0 aliphatic carbocycles. The van der Waals surface area contributed by atoms with Crippen LogP contribution in [0.3, 0.4) is 0 Å². The Labute approximate surface area is 154 Å². The van der Waals surface area contributed by atoms with Crippen molar-refractivity contribution in [2.45, 2.75) is 0 Å². The fourth-order valence-electron chi connectivity index (χ4n) is 2.01. The maximum atomic E-state index is 12.9. The summed E-state index contributed by atoms with van der Waals surface area (Å²) in [6, 6.07) is 15.8. The van der Waals surface area contributed by atoms with Crippen LogP contribution in [0.2, 0.25) is 5.02 Å². The van der Waals surface area contributed by atoms with Crippen LogP contribution in [0.5, 0.6) is 5.75 Å². The number of rotatable bonds is 6. The number of ether oxygens (including phenoxy) is 1. The van der Waals surface area contributed by atoms with Crippen LogP contribution in [0.15, 0.2) is 60.7 Å². The molecule has 6 nitrogen and oxygen atoms in total. The molecule has 0 atom stereocenters. The van der Waals surface area contributed by atoms with Gasteiger partial charge in [0.2, 0.25) is 0 Å². The first kappa shape index (κ1) is 17.6. The van der Waals surface area contributed by atoms with E-state index in [1.165, 1.54) is 12.1 Å². The van der Waals surface area contributed by atoms with Crippen LogP contribution in [0, 0.1) is 5.82 Å². The number of nitrogens with zero attached hydrogens (tertiary/aromatic N) is 2. The Bertz CT molecular complexity index is 871. The van der Waals surface area contributed by atoms with E-state index >= 15 is 0 Å². The number of carbonyl (C=O) groups is 1. The molecule has 0 aliphatic heterocycles. The first-order valence-electron chi connectivity index (χ1n) is 7.63. The molecule has 8 heteroatoms. The van der Waals surface area contributed by atoms with Gasteiger partial charge in [0.15, 0.2) is 18.2 Å². The lowest BCUT2D eigenvalue weighted by atomic mass is 10.3. The summed E-state index contributed by atoms with van der Waals surface area (Å²) in [6.45, 7) is -0.168. The number of aromatic nitrogens is 2. The van der Waals surface area contributed by atoms with Gasteiger partial charge in [-0.05, 0) is 60.7 Å². The van der Waals surface area contributed by atoms with Crippen molar-refractivity contribution in [1.82, 2.24) is 10.2 Å². The minimum Gasteiger partial charge on any atom is -0.484 e. The van der Waals surface area contributed by atoms with Crippen molar-refractivity contribution in [3.05, 3.63) is 71.5 Å². The Hall–Kier alpha value is -3.19. The fourth-order valence-corrected chi connectivity index (χ4v) is 2.13. The summed E-state index contributed by atoms with van der Waals surface area (Å²) in [4.78, 5) is 11.9. The van der Waals surface area contributed by atoms with Gasteiger partial charge in [0.25, 0.3) is 5.91 Å². The zero-order valence-corrected chi connectivity index (χ0v) is 14.2. The van der Waals surface area contributed by atoms with E-state index in [0.717, 1.165) is 0 Å². The number of nitrogens with one attached hydrogen (secondary N) is 2. The highest BCUT2D eigenvalue weighted by Crippen LogP contribution is 2.16. The van der Waals surface area contributed by atoms with Gasteiger partial charge < -0.3 is 15.4 Å². The summed E-state index contributed by atoms with van der Waals surface area (Å²) < 4.78 is 18.2. The van der Waals surface area contributed by atoms with Crippen molar-refractivity contribution in [1.29, 1.82) is 0 Å². The lowest BCUT2D eigenvalue weighted by Crippen LogP contribution is -2.21. The summed E-state index contributed by atoms with van der Waals surface area (Å²) in [5.41, 5.74) is 0.675. The van der Waals surface area contributed by atoms with Gasteiger partial charge in [-0.15, -0.1) is 10.2 Å². The maximum Gasteiger partial charge on any atom is 0.263 e. The van der Waals surface area contributed by atoms with E-state index in [1.807, 2.05) is 0 Å². The van der Waals surface area contributed by atoms with Crippen molar-refractivity contribution in [3.8, 4) is 5.75 Å². The van der Waals surface area contributed by atoms with Gasteiger partial charge in [0.05, 0.1) is 0 Å². The third-order valence-corrected chi connectivity index (χ3v) is 3.48. The van der Waals surface area contributed by atoms with E-state index in [1.54, 1.807) is 48.5 Å². The topological polar surface area (TPSA) is 76.1 Å². The van der Waals surface area contributed by atoms with E-state index in [9.17, 15) is 9.18 Å². The van der Waals surface area contributed by atoms with Crippen LogP contribution >= 0.6 is 11.6 Å². The SMILES string of the molecule is O=C(COc1ccc(Cl)cc1)Nc1ccc(Nc2ccc(F)cc2)nn1. The molecule has 0 saturated carbocycles. The monoisotopic (exact) mass is 372 g/mol. The van der Waals surface area contributed by atoms with Gasteiger partial charge >= 0.3 is 0 Å². The summed E-state index contributed by atoms with van der Waals surface area (Å²) in [5.74, 6) is 0.606. The van der Waals surface area contributed by atoms with Gasteiger partial charge in [-0.3, -0.25) is 4.79 Å². The molecule has 1 amide bonds. The summed E-state index contributed by atoms with van der Waals surface area (Å²) in [5, 5.41) is 14.0. The summed E-state index contributed by atoms with van der Waals surface area (Å²) >= 11 is 5.78. The highest BCUT2D eigenvalue weighted by atomic mass is 35.5. The third kappa shape index (κ3) is 5.15. The maximum absolute atomic E-state index is 12.9. The number of halogens is 2. The van der Waals surface area contributed by atoms with Crippen LogP contribution in [0.25, 0.3) is 0 Å². The third-order valence-electron chi connectivity index (χ3n) is 3.23. The predicted molar refractivity (Wildman–Crippen MR) is 97.3 cm³/mol. The van der Waals surface area contributed by atoms with Gasteiger partial charge in [-0.25, -0.2) is 4.39 Å². The van der Waals surface area contributed by atoms with Crippen molar-refractivity contribution in [2.75, 3.05) is 17.2 Å². The lowest BCUT2D eigenvalue weighted by Gasteiger charge is -2.08. The summed E-state index contributed by atoms with van der Waals surface area (Å²) in [7, 11) is 0. The van der Waals surface area contributed by atoms with E-state index < -0.39 is 0 Å². The molecule has 2 aromatic carbocycles. The molecule has 1 heterocycles. The molecule has 0 fully saturated rings. The molecule has 26 heavy (non-hydrogen) atoms. The van der Waals surface area contributed by atoms with Crippen LogP contribution in [0.4, 0.5) is 21.7 Å². The minimum absolute atomic E-state index is 0.168. The normalized spacial score (nSPS) is 10.2. The van der Waals surface area contributed by atoms with Crippen LogP contribution in [-0.2, 0) is 4.79 Å². The Morgan fingerprint density at radius 1 is 0.962 bits per heavy atom. The van der Waals surface area contributed by atoms with Gasteiger partial charge in [-0.2, -0.15) is 0 Å². The first-order valence-corrected chi connectivity index (χ1v) is 8.01. The van der Waals surface area contributed by atoms with Gasteiger partial charge in [0, 0.05) is 10.7 Å². The van der Waals surface area contributed by atoms with E-state index in [0.29, 0.717) is 28.1 Å². The number of hydrogen-bond acceptors (Lipinski definition) is 5. The molecule has 0 bridgehead atoms. The fraction of sp³-hybridized carbons (Fsp3) is 0.0556. The zero-order chi connectivity index (χ0) is 18.4. The first-order chi connectivity index (χ1) is 12.6. The molecule has 1 aromatic heterocycles. The number of benzene rings is 2. The minimum atomic E-state index is -0.367. The Morgan fingerprint density at radius 2 is 1.62 bits per heavy atom. The molecule has 0 unspecified atom stereocenters. The lowest BCUT2D eigenvalue weighted by molar-refractivity contribution is -0.118. The Kier molecular flexibility index (Phi) is 5.60. The second-order valence-electron chi connectivity index (χ2n) is 5.23. The second kappa shape index (κ2) is 8.26. The Balaban J connectivity index is 1.50. The molecular weight excluding hydrogens is 359 g/mol. The van der Waals surface area contributed by atoms with E-state index in [2.05, 4.69) is 20.8 Å². The molecule has 3 aromatic rings. The number of anilines is 3. The number of carbonyl (C=O) groups excluding carboxylic acids is 1. The standard InChI is InChI=1S/C18H14ClFN4O2/c19-12-1-7-15(8-2-12)26-11-18(25)22-17-10-9-16(23-24-17)21-14-5-3-13(20)4-6-14/h1-10H,11H2,(H,21,23)(H,22,24,25). The molecule has 0 aliphatic rings.